The zero-order valence-electron chi connectivity index (χ0n) is 17.4. The molecule has 5 nitrogen and oxygen atoms in total. The molecule has 2 N–H and O–H groups in total. The summed E-state index contributed by atoms with van der Waals surface area (Å²) < 4.78 is 0. The Hall–Kier alpha value is -2.14. The summed E-state index contributed by atoms with van der Waals surface area (Å²) in [6, 6.07) is 11.4. The molecule has 0 amide bonds. The van der Waals surface area contributed by atoms with Crippen LogP contribution in [0.1, 0.15) is 75.2 Å². The fourth-order valence-corrected chi connectivity index (χ4v) is 4.54. The highest BCUT2D eigenvalue weighted by atomic mass is 16.3. The Kier molecular flexibility index (Phi) is 5.28. The van der Waals surface area contributed by atoms with Crippen LogP contribution in [-0.4, -0.2) is 34.3 Å². The molecule has 1 aromatic heterocycles. The van der Waals surface area contributed by atoms with Crippen molar-refractivity contribution in [2.24, 2.45) is 5.92 Å². The average molecular weight is 381 g/mol. The molecule has 3 aliphatic rings. The van der Waals surface area contributed by atoms with Gasteiger partial charge in [0.1, 0.15) is 5.82 Å². The monoisotopic (exact) mass is 380 g/mol. The van der Waals surface area contributed by atoms with Crippen LogP contribution in [0.2, 0.25) is 0 Å². The van der Waals surface area contributed by atoms with Crippen molar-refractivity contribution >= 4 is 11.8 Å². The molecule has 0 radical (unpaired) electrons. The number of benzene rings is 1. The van der Waals surface area contributed by atoms with Crippen molar-refractivity contribution in [2.75, 3.05) is 23.4 Å². The van der Waals surface area contributed by atoms with Crippen LogP contribution in [0.5, 0.6) is 0 Å². The molecule has 1 aromatic carbocycles. The maximum Gasteiger partial charge on any atom is 0.225 e. The number of nitrogens with one attached hydrogen (secondary N) is 1. The lowest BCUT2D eigenvalue weighted by Crippen LogP contribution is -2.43. The Morgan fingerprint density at radius 1 is 1.11 bits per heavy atom. The van der Waals surface area contributed by atoms with E-state index in [1.807, 2.05) is 0 Å². The molecular weight excluding hydrogens is 348 g/mol. The zero-order valence-corrected chi connectivity index (χ0v) is 17.4. The highest BCUT2D eigenvalue weighted by Gasteiger charge is 2.38. The molecule has 5 rings (SSSR count). The van der Waals surface area contributed by atoms with Crippen LogP contribution in [0.15, 0.2) is 30.3 Å². The highest BCUT2D eigenvalue weighted by molar-refractivity contribution is 5.53. The van der Waals surface area contributed by atoms with Crippen molar-refractivity contribution in [3.05, 3.63) is 47.2 Å². The molecule has 2 aliphatic heterocycles. The van der Waals surface area contributed by atoms with Crippen LogP contribution < -0.4 is 10.2 Å². The van der Waals surface area contributed by atoms with Crippen LogP contribution in [0.4, 0.5) is 11.8 Å². The summed E-state index contributed by atoms with van der Waals surface area (Å²) in [4.78, 5) is 12.1. The van der Waals surface area contributed by atoms with Crippen LogP contribution >= 0.6 is 0 Å². The molecule has 0 unspecified atom stereocenters. The molecule has 1 fully saturated rings. The van der Waals surface area contributed by atoms with Gasteiger partial charge in [-0.05, 0) is 35.8 Å². The maximum absolute atomic E-state index is 9.72. The number of fused-ring (bicyclic) bond motifs is 2. The van der Waals surface area contributed by atoms with Gasteiger partial charge in [-0.2, -0.15) is 4.98 Å². The summed E-state index contributed by atoms with van der Waals surface area (Å²) in [7, 11) is 0. The quantitative estimate of drug-likeness (QED) is 0.774. The number of hydrogen-bond donors (Lipinski definition) is 2. The minimum Gasteiger partial charge on any atom is -0.394 e. The van der Waals surface area contributed by atoms with E-state index in [4.69, 9.17) is 9.97 Å². The second-order valence-corrected chi connectivity index (χ2v) is 8.88. The van der Waals surface area contributed by atoms with Gasteiger partial charge < -0.3 is 15.3 Å². The van der Waals surface area contributed by atoms with E-state index in [-0.39, 0.29) is 12.6 Å². The average Bonchev–Trinajstić information content (AvgIpc) is 2.72. The predicted molar refractivity (Wildman–Crippen MR) is 114 cm³/mol. The first-order valence-corrected chi connectivity index (χ1v) is 10.6. The zero-order chi connectivity index (χ0) is 19.8. The second-order valence-electron chi connectivity index (χ2n) is 8.88. The number of rotatable bonds is 6. The molecular formula is C23H32N4O. The van der Waals surface area contributed by atoms with Crippen molar-refractivity contribution in [3.63, 3.8) is 0 Å². The molecule has 0 spiro atoms. The van der Waals surface area contributed by atoms with Crippen molar-refractivity contribution in [3.8, 4) is 0 Å². The number of aliphatic hydroxyl groups excluding tert-OH is 1. The van der Waals surface area contributed by atoms with Crippen LogP contribution in [0, 0.1) is 5.92 Å². The van der Waals surface area contributed by atoms with Crippen LogP contribution in [0.25, 0.3) is 0 Å². The Morgan fingerprint density at radius 2 is 1.86 bits per heavy atom. The van der Waals surface area contributed by atoms with Crippen LogP contribution in [-0.2, 0) is 0 Å². The van der Waals surface area contributed by atoms with Gasteiger partial charge in [0, 0.05) is 18.5 Å². The first-order chi connectivity index (χ1) is 13.5. The molecule has 5 heteroatoms. The van der Waals surface area contributed by atoms with Crippen LogP contribution in [0.3, 0.4) is 0 Å². The number of aromatic nitrogens is 2. The Balaban J connectivity index is 1.70. The standard InChI is InChI=1S/C23H32N4O/c1-14(2)19-11-22(26-23(24-19)25-20(13-28)15(3)4)27-12-16-9-10-21(27)18-8-6-5-7-17(16)18/h5-8,11,14-16,20-21,28H,9-10,12-13H2,1-4H3,(H,24,25,26)/t16-,20+,21+/m1/s1. The smallest absolute Gasteiger partial charge is 0.225 e. The fourth-order valence-electron chi connectivity index (χ4n) is 4.54. The third-order valence-electron chi connectivity index (χ3n) is 6.31. The topological polar surface area (TPSA) is 61.3 Å². The molecule has 1 saturated heterocycles. The van der Waals surface area contributed by atoms with E-state index in [0.717, 1.165) is 18.1 Å². The van der Waals surface area contributed by atoms with Crippen molar-refractivity contribution < 1.29 is 5.11 Å². The first-order valence-electron chi connectivity index (χ1n) is 10.6. The normalized spacial score (nSPS) is 21.9. The summed E-state index contributed by atoms with van der Waals surface area (Å²) in [6.07, 6.45) is 2.43. The van der Waals surface area contributed by atoms with E-state index >= 15 is 0 Å². The molecule has 3 heterocycles. The summed E-state index contributed by atoms with van der Waals surface area (Å²) in [5.41, 5.74) is 4.02. The van der Waals surface area contributed by atoms with Crippen molar-refractivity contribution in [2.45, 2.75) is 64.5 Å². The van der Waals surface area contributed by atoms with E-state index in [1.165, 1.54) is 24.0 Å². The molecule has 150 valence electrons. The Labute approximate surface area is 168 Å². The lowest BCUT2D eigenvalue weighted by molar-refractivity contribution is 0.248. The van der Waals surface area contributed by atoms with E-state index in [9.17, 15) is 5.11 Å². The number of piperidine rings is 1. The van der Waals surface area contributed by atoms with Gasteiger partial charge in [0.25, 0.3) is 0 Å². The van der Waals surface area contributed by atoms with Gasteiger partial charge >= 0.3 is 0 Å². The summed E-state index contributed by atoms with van der Waals surface area (Å²) in [5, 5.41) is 13.1. The lowest BCUT2D eigenvalue weighted by Gasteiger charge is -2.47. The second kappa shape index (κ2) is 7.70. The largest absolute Gasteiger partial charge is 0.394 e. The minimum absolute atomic E-state index is 0.0474. The van der Waals surface area contributed by atoms with E-state index in [2.05, 4.69) is 68.2 Å². The third-order valence-corrected chi connectivity index (χ3v) is 6.31. The number of hydrogen-bond acceptors (Lipinski definition) is 5. The molecule has 0 saturated carbocycles. The van der Waals surface area contributed by atoms with E-state index < -0.39 is 0 Å². The summed E-state index contributed by atoms with van der Waals surface area (Å²) >= 11 is 0. The highest BCUT2D eigenvalue weighted by Crippen LogP contribution is 2.48. The fraction of sp³-hybridized carbons (Fsp3) is 0.565. The molecule has 2 bridgehead atoms. The third kappa shape index (κ3) is 3.48. The molecule has 1 aliphatic carbocycles. The van der Waals surface area contributed by atoms with Gasteiger partial charge in [0.05, 0.1) is 24.4 Å². The van der Waals surface area contributed by atoms with E-state index in [0.29, 0.717) is 29.7 Å². The molecule has 2 aromatic rings. The number of anilines is 2. The SMILES string of the molecule is CC(C)c1cc(N2C[C@H]3CC[C@H]2c2ccccc23)nc(N[C@@H](CO)C(C)C)n1. The Bertz CT molecular complexity index is 835. The summed E-state index contributed by atoms with van der Waals surface area (Å²) in [6.45, 7) is 9.62. The Morgan fingerprint density at radius 3 is 2.54 bits per heavy atom. The van der Waals surface area contributed by atoms with E-state index in [1.54, 1.807) is 0 Å². The number of nitrogens with zero attached hydrogens (tertiary/aromatic N) is 3. The van der Waals surface area contributed by atoms with Gasteiger partial charge in [0.2, 0.25) is 5.95 Å². The summed E-state index contributed by atoms with van der Waals surface area (Å²) in [5.74, 6) is 2.84. The molecule has 28 heavy (non-hydrogen) atoms. The minimum atomic E-state index is -0.0474. The van der Waals surface area contributed by atoms with Crippen molar-refractivity contribution in [1.29, 1.82) is 0 Å². The van der Waals surface area contributed by atoms with Gasteiger partial charge in [-0.3, -0.25) is 0 Å². The van der Waals surface area contributed by atoms with Gasteiger partial charge in [-0.25, -0.2) is 4.98 Å². The first kappa shape index (κ1) is 19.2. The molecule has 3 atom stereocenters. The van der Waals surface area contributed by atoms with Gasteiger partial charge in [-0.15, -0.1) is 0 Å². The van der Waals surface area contributed by atoms with Gasteiger partial charge in [0.15, 0.2) is 0 Å². The van der Waals surface area contributed by atoms with Gasteiger partial charge in [-0.1, -0.05) is 52.0 Å². The lowest BCUT2D eigenvalue weighted by atomic mass is 9.75. The van der Waals surface area contributed by atoms with Crippen molar-refractivity contribution in [1.82, 2.24) is 9.97 Å². The number of aliphatic hydroxyl groups is 1. The maximum atomic E-state index is 9.72. The predicted octanol–water partition coefficient (Wildman–Crippen LogP) is 4.47.